The minimum atomic E-state index is -1.79. The predicted octanol–water partition coefficient (Wildman–Crippen LogP) is 4.81. The largest absolute Gasteiger partial charge is 0.467 e. The zero-order valence-electron chi connectivity index (χ0n) is 18.0. The lowest BCUT2D eigenvalue weighted by Crippen LogP contribution is -2.30. The Hall–Kier alpha value is -3.03. The van der Waals surface area contributed by atoms with Crippen LogP contribution in [0.5, 0.6) is 0 Å². The van der Waals surface area contributed by atoms with Crippen molar-refractivity contribution < 1.29 is 23.8 Å². The van der Waals surface area contributed by atoms with Crippen LogP contribution in [0.1, 0.15) is 43.7 Å². The van der Waals surface area contributed by atoms with Crippen LogP contribution in [-0.2, 0) is 14.3 Å². The predicted molar refractivity (Wildman–Crippen MR) is 121 cm³/mol. The van der Waals surface area contributed by atoms with Gasteiger partial charge in [-0.1, -0.05) is 37.6 Å². The van der Waals surface area contributed by atoms with Crippen LogP contribution in [-0.4, -0.2) is 39.7 Å². The Balaban J connectivity index is 2.02. The molecule has 1 N–H and O–H groups in total. The maximum absolute atomic E-state index is 13.6. The molecule has 168 valence electrons. The lowest BCUT2D eigenvalue weighted by molar-refractivity contribution is -0.155. The zero-order valence-corrected chi connectivity index (χ0v) is 18.8. The number of Topliss-reactive ketones (excluding diaryl/α,β-unsaturated/α-hetero) is 1. The summed E-state index contributed by atoms with van der Waals surface area (Å²) >= 11 is 6.34. The molecule has 2 heterocycles. The molecule has 0 saturated carbocycles. The number of rotatable bonds is 8. The van der Waals surface area contributed by atoms with Crippen molar-refractivity contribution in [1.82, 2.24) is 9.61 Å². The normalized spacial score (nSPS) is 12.6. The van der Waals surface area contributed by atoms with E-state index in [4.69, 9.17) is 16.7 Å². The van der Waals surface area contributed by atoms with Crippen LogP contribution in [0, 0.1) is 5.82 Å². The molecule has 0 spiro atoms. The van der Waals surface area contributed by atoms with Gasteiger partial charge in [-0.2, -0.15) is 5.10 Å². The molecule has 32 heavy (non-hydrogen) atoms. The number of allylic oxidation sites excluding steroid dienone is 1. The Bertz CT molecular complexity index is 1190. The molecule has 0 aliphatic heterocycles. The Morgan fingerprint density at radius 3 is 2.72 bits per heavy atom. The van der Waals surface area contributed by atoms with E-state index in [0.29, 0.717) is 17.7 Å². The zero-order chi connectivity index (χ0) is 23.4. The molecule has 1 unspecified atom stereocenters. The number of esters is 1. The molecule has 0 saturated heterocycles. The minimum Gasteiger partial charge on any atom is -0.467 e. The van der Waals surface area contributed by atoms with Gasteiger partial charge in [0.25, 0.3) is 0 Å². The van der Waals surface area contributed by atoms with E-state index in [1.54, 1.807) is 16.7 Å². The van der Waals surface area contributed by atoms with Crippen molar-refractivity contribution in [3.05, 3.63) is 64.6 Å². The number of aromatic nitrogens is 2. The van der Waals surface area contributed by atoms with Crippen LogP contribution in [0.4, 0.5) is 4.39 Å². The molecule has 0 bridgehead atoms. The highest BCUT2D eigenvalue weighted by molar-refractivity contribution is 6.33. The Morgan fingerprint density at radius 1 is 1.31 bits per heavy atom. The quantitative estimate of drug-likeness (QED) is 0.387. The summed E-state index contributed by atoms with van der Waals surface area (Å²) in [5, 5.41) is 14.6. The van der Waals surface area contributed by atoms with Gasteiger partial charge in [0.15, 0.2) is 5.78 Å². The van der Waals surface area contributed by atoms with E-state index in [0.717, 1.165) is 23.8 Å². The highest BCUT2D eigenvalue weighted by atomic mass is 35.5. The SMILES string of the molecule is COC(=O)C(O)C(=O)CCC=Cc1c(-c2ccc(F)cc2Cl)nn2cccc2c1C(C)C. The number of benzene rings is 1. The van der Waals surface area contributed by atoms with Gasteiger partial charge >= 0.3 is 5.97 Å². The van der Waals surface area contributed by atoms with Crippen LogP contribution in [0.15, 0.2) is 42.6 Å². The van der Waals surface area contributed by atoms with Gasteiger partial charge in [-0.3, -0.25) is 4.79 Å². The van der Waals surface area contributed by atoms with Gasteiger partial charge in [-0.25, -0.2) is 13.7 Å². The summed E-state index contributed by atoms with van der Waals surface area (Å²) in [6.07, 6.45) is 3.95. The van der Waals surface area contributed by atoms with Crippen molar-refractivity contribution in [2.45, 2.75) is 38.7 Å². The number of methoxy groups -OCH3 is 1. The third-order valence-electron chi connectivity index (χ3n) is 5.09. The Labute approximate surface area is 190 Å². The molecule has 3 rings (SSSR count). The monoisotopic (exact) mass is 458 g/mol. The smallest absolute Gasteiger partial charge is 0.342 e. The first-order chi connectivity index (χ1) is 15.2. The average molecular weight is 459 g/mol. The van der Waals surface area contributed by atoms with Crippen LogP contribution < -0.4 is 0 Å². The van der Waals surface area contributed by atoms with E-state index >= 15 is 0 Å². The van der Waals surface area contributed by atoms with Gasteiger partial charge in [0.05, 0.1) is 17.6 Å². The van der Waals surface area contributed by atoms with E-state index in [-0.39, 0.29) is 17.4 Å². The van der Waals surface area contributed by atoms with Crippen molar-refractivity contribution in [2.24, 2.45) is 0 Å². The number of aliphatic hydroxyl groups excluding tert-OH is 1. The molecule has 0 fully saturated rings. The summed E-state index contributed by atoms with van der Waals surface area (Å²) in [4.78, 5) is 23.3. The second-order valence-corrected chi connectivity index (χ2v) is 8.03. The number of ketones is 1. The number of carbonyl (C=O) groups excluding carboxylic acids is 2. The van der Waals surface area contributed by atoms with Crippen LogP contribution >= 0.6 is 11.6 Å². The van der Waals surface area contributed by atoms with Crippen LogP contribution in [0.25, 0.3) is 22.9 Å². The third kappa shape index (κ3) is 4.89. The van der Waals surface area contributed by atoms with Crippen molar-refractivity contribution >= 4 is 34.9 Å². The Morgan fingerprint density at radius 2 is 2.06 bits per heavy atom. The topological polar surface area (TPSA) is 80.9 Å². The van der Waals surface area contributed by atoms with Crippen LogP contribution in [0.2, 0.25) is 5.02 Å². The molecular formula is C24H24ClFN2O4. The fourth-order valence-electron chi connectivity index (χ4n) is 3.56. The maximum Gasteiger partial charge on any atom is 0.342 e. The molecule has 8 heteroatoms. The number of hydrogen-bond donors (Lipinski definition) is 1. The number of aliphatic hydroxyl groups is 1. The molecule has 0 amide bonds. The number of hydrogen-bond acceptors (Lipinski definition) is 5. The van der Waals surface area contributed by atoms with E-state index < -0.39 is 23.7 Å². The van der Waals surface area contributed by atoms with Gasteiger partial charge in [0, 0.05) is 23.7 Å². The molecule has 2 aromatic heterocycles. The summed E-state index contributed by atoms with van der Waals surface area (Å²) in [5.41, 5.74) is 3.93. The van der Waals surface area contributed by atoms with E-state index in [9.17, 15) is 19.1 Å². The molecule has 1 atom stereocenters. The standard InChI is InChI=1S/C24H24ClFN2O4/c1-14(2)21-17(7-4-5-9-20(29)23(30)24(31)32-3)22(27-28-12-6-8-19(21)28)16-11-10-15(26)13-18(16)25/h4,6-8,10-14,23,30H,5,9H2,1-3H3. The third-order valence-corrected chi connectivity index (χ3v) is 5.40. The van der Waals surface area contributed by atoms with E-state index in [1.165, 1.54) is 12.1 Å². The van der Waals surface area contributed by atoms with Crippen molar-refractivity contribution in [3.8, 4) is 11.3 Å². The minimum absolute atomic E-state index is 0.0305. The molecule has 0 aliphatic carbocycles. The van der Waals surface area contributed by atoms with E-state index in [2.05, 4.69) is 18.6 Å². The summed E-state index contributed by atoms with van der Waals surface area (Å²) < 4.78 is 19.8. The van der Waals surface area contributed by atoms with Gasteiger partial charge in [-0.05, 0) is 48.2 Å². The van der Waals surface area contributed by atoms with Gasteiger partial charge in [0.2, 0.25) is 6.10 Å². The second kappa shape index (κ2) is 10.1. The molecular weight excluding hydrogens is 435 g/mol. The maximum atomic E-state index is 13.6. The molecule has 6 nitrogen and oxygen atoms in total. The first-order valence-electron chi connectivity index (χ1n) is 10.2. The lowest BCUT2D eigenvalue weighted by atomic mass is 9.93. The van der Waals surface area contributed by atoms with Crippen molar-refractivity contribution in [2.75, 3.05) is 7.11 Å². The second-order valence-electron chi connectivity index (χ2n) is 7.63. The summed E-state index contributed by atoms with van der Waals surface area (Å²) in [6, 6.07) is 8.02. The first-order valence-corrected chi connectivity index (χ1v) is 10.5. The summed E-state index contributed by atoms with van der Waals surface area (Å²) in [5.74, 6) is -1.90. The van der Waals surface area contributed by atoms with E-state index in [1.807, 2.05) is 24.4 Å². The van der Waals surface area contributed by atoms with Crippen molar-refractivity contribution in [3.63, 3.8) is 0 Å². The molecule has 3 aromatic rings. The number of carbonyl (C=O) groups is 2. The van der Waals surface area contributed by atoms with Gasteiger partial charge < -0.3 is 9.84 Å². The van der Waals surface area contributed by atoms with Crippen LogP contribution in [0.3, 0.4) is 0 Å². The summed E-state index contributed by atoms with van der Waals surface area (Å²) in [6.45, 7) is 4.12. The molecule has 1 aromatic carbocycles. The van der Waals surface area contributed by atoms with Gasteiger partial charge in [-0.15, -0.1) is 0 Å². The molecule has 0 radical (unpaired) electrons. The summed E-state index contributed by atoms with van der Waals surface area (Å²) in [7, 11) is 1.11. The van der Waals surface area contributed by atoms with Gasteiger partial charge in [0.1, 0.15) is 11.5 Å². The average Bonchev–Trinajstić information content (AvgIpc) is 3.22. The highest BCUT2D eigenvalue weighted by Crippen LogP contribution is 2.36. The number of halogens is 2. The highest BCUT2D eigenvalue weighted by Gasteiger charge is 2.23. The number of ether oxygens (including phenoxy) is 1. The number of fused-ring (bicyclic) bond motifs is 1. The number of nitrogens with zero attached hydrogens (tertiary/aromatic N) is 2. The fraction of sp³-hybridized carbons (Fsp3) is 0.292. The molecule has 0 aliphatic rings. The first kappa shape index (κ1) is 23.6. The fourth-order valence-corrected chi connectivity index (χ4v) is 3.82. The van der Waals surface area contributed by atoms with Crippen molar-refractivity contribution in [1.29, 1.82) is 0 Å². The lowest BCUT2D eigenvalue weighted by Gasteiger charge is -2.17. The Kier molecular flexibility index (Phi) is 7.43.